The molecule has 332 valence electrons. The summed E-state index contributed by atoms with van der Waals surface area (Å²) in [5.74, 6) is -39.9. The van der Waals surface area contributed by atoms with E-state index in [1.807, 2.05) is 0 Å². The summed E-state index contributed by atoms with van der Waals surface area (Å²) in [5, 5.41) is 0. The molecule has 7 aromatic rings. The molecule has 3 N–H and O–H groups in total. The van der Waals surface area contributed by atoms with Gasteiger partial charge in [-0.1, -0.05) is 0 Å². The number of hydrogen-bond acceptors (Lipinski definition) is 5. The van der Waals surface area contributed by atoms with Crippen molar-refractivity contribution in [2.75, 3.05) is 0 Å². The molecule has 0 fully saturated rings. The molecule has 27 heteroatoms. The zero-order valence-corrected chi connectivity index (χ0v) is 32.9. The van der Waals surface area contributed by atoms with Crippen molar-refractivity contribution in [3.63, 3.8) is 0 Å². The molecule has 0 spiro atoms. The van der Waals surface area contributed by atoms with Crippen LogP contribution in [-0.4, -0.2) is 36.8 Å². The lowest BCUT2D eigenvalue weighted by atomic mass is 10.0. The van der Waals surface area contributed by atoms with E-state index >= 15 is 26.3 Å². The molecule has 8 bridgehead atoms. The molecule has 64 heavy (non-hydrogen) atoms. The number of aromatic amines is 3. The Morgan fingerprint density at radius 2 is 0.703 bits per heavy atom. The normalized spacial score (nSPS) is 12.8. The maximum atomic E-state index is 15.8. The Bertz CT molecular complexity index is 3620. The van der Waals surface area contributed by atoms with Crippen LogP contribution in [0.3, 0.4) is 0 Å². The predicted molar refractivity (Wildman–Crippen MR) is 198 cm³/mol. The van der Waals surface area contributed by atoms with E-state index in [9.17, 15) is 56.3 Å². The van der Waals surface area contributed by atoms with E-state index < -0.39 is 193 Å². The number of H-pyrrole nitrogens is 3. The minimum atomic E-state index is -5.44. The van der Waals surface area contributed by atoms with Gasteiger partial charge in [-0.15, -0.1) is 0 Å². The van der Waals surface area contributed by atoms with Crippen LogP contribution >= 0.6 is 21.4 Å². The minimum Gasteiger partial charge on any atom is -0.354 e. The zero-order chi connectivity index (χ0) is 47.0. The molecule has 4 aromatic heterocycles. The van der Waals surface area contributed by atoms with Crippen molar-refractivity contribution in [2.24, 2.45) is 0 Å². The summed E-state index contributed by atoms with van der Waals surface area (Å²) in [5.41, 5.74) is -18.4. The monoisotopic (exact) mass is 992 g/mol. The smallest absolute Gasteiger partial charge is 0.263 e. The first kappa shape index (κ1) is 44.4. The number of halogens is 17. The topological polar surface area (TPSA) is 129 Å². The van der Waals surface area contributed by atoms with Gasteiger partial charge in [-0.2, -0.15) is 0 Å². The second-order valence-corrected chi connectivity index (χ2v) is 18.3. The fourth-order valence-electron chi connectivity index (χ4n) is 6.90. The van der Waals surface area contributed by atoms with Crippen molar-refractivity contribution in [3.8, 4) is 33.4 Å². The van der Waals surface area contributed by atoms with Crippen molar-refractivity contribution in [3.05, 3.63) is 129 Å². The second-order valence-electron chi connectivity index (χ2n) is 13.2. The molecule has 5 heterocycles. The van der Waals surface area contributed by atoms with Crippen LogP contribution in [-0.2, 0) is 18.1 Å². The summed E-state index contributed by atoms with van der Waals surface area (Å²) in [7, 11) is 0.543. The number of hydrogen-bond donors (Lipinski definition) is 3. The van der Waals surface area contributed by atoms with Crippen molar-refractivity contribution in [2.45, 2.75) is 4.90 Å². The van der Waals surface area contributed by atoms with Crippen LogP contribution in [0, 0.1) is 87.3 Å². The molecule has 0 saturated heterocycles. The Hall–Kier alpha value is -6.18. The van der Waals surface area contributed by atoms with E-state index in [-0.39, 0.29) is 0 Å². The average Bonchev–Trinajstić information content (AvgIpc) is 4.07. The Morgan fingerprint density at radius 3 is 1.05 bits per heavy atom. The summed E-state index contributed by atoms with van der Waals surface area (Å²) in [4.78, 5) is 7.69. The molecule has 0 unspecified atom stereocenters. The number of rotatable bonds is 5. The van der Waals surface area contributed by atoms with Crippen LogP contribution < -0.4 is 0 Å². The second kappa shape index (κ2) is 15.0. The van der Waals surface area contributed by atoms with E-state index in [0.29, 0.717) is 36.4 Å². The minimum absolute atomic E-state index is 0.303. The standard InChI is InChI=1S/C37H9Cl2F15N4O4S2/c38-63(59,60)13-5-11-16(19-23(42)29(48)34(53)30(49)24(19)43)9-2-1-7(55-9)15(18-21(40)27(46)33(52)28(47)22(18)41)8-3-4-10(56-8)17(20-25(44)31(50)35(54)32(51)26(20)45)37-14(64(39,61)62)6-12(58-37)36(13)57-11/h1-6,55-57H. The fraction of sp³-hybridized carbons (Fsp3) is 0. The molecular formula is C37H9Cl2F15N4O4S2. The van der Waals surface area contributed by atoms with Gasteiger partial charge in [-0.05, 0) is 36.4 Å². The molecule has 8 nitrogen and oxygen atoms in total. The third kappa shape index (κ3) is 6.57. The van der Waals surface area contributed by atoms with E-state index in [1.165, 1.54) is 0 Å². The lowest BCUT2D eigenvalue weighted by Crippen LogP contribution is -2.06. The van der Waals surface area contributed by atoms with Crippen LogP contribution in [0.15, 0.2) is 35.2 Å². The lowest BCUT2D eigenvalue weighted by Gasteiger charge is -2.12. The summed E-state index contributed by atoms with van der Waals surface area (Å²) in [6, 6.07) is 2.78. The van der Waals surface area contributed by atoms with Crippen LogP contribution in [0.5, 0.6) is 0 Å². The summed E-state index contributed by atoms with van der Waals surface area (Å²) < 4.78 is 279. The average molecular weight is 994 g/mol. The Balaban J connectivity index is 1.77. The number of aromatic nitrogens is 4. The molecule has 0 amide bonds. The van der Waals surface area contributed by atoms with Gasteiger partial charge in [-0.25, -0.2) is 87.7 Å². The summed E-state index contributed by atoms with van der Waals surface area (Å²) in [6.07, 6.45) is 0.303. The van der Waals surface area contributed by atoms with Gasteiger partial charge in [0.25, 0.3) is 18.1 Å². The molecule has 8 rings (SSSR count). The molecule has 0 saturated carbocycles. The summed E-state index contributed by atoms with van der Waals surface area (Å²) in [6.45, 7) is 0. The fourth-order valence-corrected chi connectivity index (χ4v) is 8.91. The lowest BCUT2D eigenvalue weighted by molar-refractivity contribution is 0.381. The summed E-state index contributed by atoms with van der Waals surface area (Å²) >= 11 is 0. The van der Waals surface area contributed by atoms with Crippen LogP contribution in [0.1, 0.15) is 11.4 Å². The highest BCUT2D eigenvalue weighted by molar-refractivity contribution is 8.21. The van der Waals surface area contributed by atoms with Crippen LogP contribution in [0.2, 0.25) is 0 Å². The highest BCUT2D eigenvalue weighted by Gasteiger charge is 2.36. The van der Waals surface area contributed by atoms with Crippen LogP contribution in [0.25, 0.3) is 77.5 Å². The maximum Gasteiger partial charge on any atom is 0.263 e. The van der Waals surface area contributed by atoms with Crippen molar-refractivity contribution >= 4 is 83.5 Å². The van der Waals surface area contributed by atoms with Gasteiger partial charge >= 0.3 is 0 Å². The first-order valence-corrected chi connectivity index (χ1v) is 21.3. The molecule has 0 radical (unpaired) electrons. The quantitative estimate of drug-likeness (QED) is 0.0685. The first-order chi connectivity index (χ1) is 29.8. The van der Waals surface area contributed by atoms with Crippen molar-refractivity contribution < 1.29 is 82.7 Å². The van der Waals surface area contributed by atoms with Gasteiger partial charge in [0.05, 0.1) is 39.1 Å². The van der Waals surface area contributed by atoms with Crippen molar-refractivity contribution in [1.29, 1.82) is 0 Å². The number of fused-ring (bicyclic) bond motifs is 9. The molecular weight excluding hydrogens is 984 g/mol. The van der Waals surface area contributed by atoms with Gasteiger partial charge in [0, 0.05) is 60.1 Å². The van der Waals surface area contributed by atoms with Crippen LogP contribution in [0.4, 0.5) is 65.9 Å². The highest BCUT2D eigenvalue weighted by atomic mass is 35.7. The number of nitrogens with zero attached hydrogens (tertiary/aromatic N) is 1. The Labute approximate surface area is 352 Å². The molecule has 0 atom stereocenters. The Kier molecular flexibility index (Phi) is 10.4. The largest absolute Gasteiger partial charge is 0.354 e. The van der Waals surface area contributed by atoms with E-state index in [2.05, 4.69) is 19.9 Å². The van der Waals surface area contributed by atoms with Gasteiger partial charge in [0.1, 0.15) is 9.80 Å². The third-order valence-corrected chi connectivity index (χ3v) is 12.3. The van der Waals surface area contributed by atoms with Crippen molar-refractivity contribution in [1.82, 2.24) is 19.9 Å². The Morgan fingerprint density at radius 1 is 0.391 bits per heavy atom. The third-order valence-electron chi connectivity index (χ3n) is 9.63. The predicted octanol–water partition coefficient (Wildman–Crippen LogP) is 11.6. The maximum absolute atomic E-state index is 15.8. The molecule has 3 aromatic carbocycles. The molecule has 0 aliphatic carbocycles. The van der Waals surface area contributed by atoms with E-state index in [0.717, 1.165) is 0 Å². The van der Waals surface area contributed by atoms with E-state index in [1.54, 1.807) is 0 Å². The zero-order valence-electron chi connectivity index (χ0n) is 29.8. The molecule has 1 aliphatic heterocycles. The number of benzene rings is 3. The van der Waals surface area contributed by atoms with Gasteiger partial charge < -0.3 is 15.0 Å². The van der Waals surface area contributed by atoms with E-state index in [4.69, 9.17) is 21.4 Å². The van der Waals surface area contributed by atoms with Gasteiger partial charge in [-0.3, -0.25) is 0 Å². The first-order valence-electron chi connectivity index (χ1n) is 16.6. The molecule has 1 aliphatic rings. The highest BCUT2D eigenvalue weighted by Crippen LogP contribution is 2.45. The SMILES string of the molecule is O=S(=O)(Cl)C1=Cc2nc1c(-c1c(F)c(F)c(F)c(F)c1F)c1ccc([nH]1)c(-c1c(F)c(F)c(F)c(F)c1F)c1ccc([nH]1)c(-c1c(F)c(F)c(F)c(F)c1F)c1cc(S(=O)(=O)Cl)c2[nH]1. The number of nitrogens with one attached hydrogen (secondary N) is 3. The van der Waals surface area contributed by atoms with Gasteiger partial charge in [0.2, 0.25) is 17.5 Å². The van der Waals surface area contributed by atoms with Gasteiger partial charge in [0.15, 0.2) is 69.8 Å².